The van der Waals surface area contributed by atoms with Crippen molar-refractivity contribution in [2.75, 3.05) is 11.9 Å². The first-order valence-electron chi connectivity index (χ1n) is 9.58. The monoisotopic (exact) mass is 432 g/mol. The Labute approximate surface area is 183 Å². The highest BCUT2D eigenvalue weighted by Gasteiger charge is 2.08. The fraction of sp³-hybridized carbons (Fsp3) is 0.0870. The van der Waals surface area contributed by atoms with Crippen LogP contribution in [0.4, 0.5) is 11.4 Å². The molecule has 9 nitrogen and oxygen atoms in total. The number of nitrogens with zero attached hydrogens (tertiary/aromatic N) is 2. The smallest absolute Gasteiger partial charge is 0.271 e. The molecule has 9 heteroatoms. The third kappa shape index (κ3) is 6.49. The molecule has 0 atom stereocenters. The van der Waals surface area contributed by atoms with Gasteiger partial charge in [0.25, 0.3) is 17.5 Å². The van der Waals surface area contributed by atoms with Gasteiger partial charge in [-0.15, -0.1) is 0 Å². The van der Waals surface area contributed by atoms with Crippen molar-refractivity contribution in [3.63, 3.8) is 0 Å². The molecule has 3 aromatic carbocycles. The number of carbonyl (C=O) groups is 2. The second-order valence-corrected chi connectivity index (χ2v) is 6.78. The Morgan fingerprint density at radius 3 is 2.28 bits per heavy atom. The summed E-state index contributed by atoms with van der Waals surface area (Å²) in [4.78, 5) is 34.1. The highest BCUT2D eigenvalue weighted by Crippen LogP contribution is 2.13. The van der Waals surface area contributed by atoms with Gasteiger partial charge in [0.1, 0.15) is 5.75 Å². The largest absolute Gasteiger partial charge is 0.484 e. The Morgan fingerprint density at radius 1 is 1.00 bits per heavy atom. The van der Waals surface area contributed by atoms with E-state index in [1.54, 1.807) is 24.3 Å². The number of anilines is 1. The van der Waals surface area contributed by atoms with Crippen LogP contribution in [-0.4, -0.2) is 29.6 Å². The summed E-state index contributed by atoms with van der Waals surface area (Å²) in [5, 5.41) is 17.3. The maximum absolute atomic E-state index is 12.0. The molecule has 32 heavy (non-hydrogen) atoms. The van der Waals surface area contributed by atoms with Crippen LogP contribution in [-0.2, 0) is 4.79 Å². The summed E-state index contributed by atoms with van der Waals surface area (Å²) in [5.41, 5.74) is 5.01. The number of non-ortho nitro benzene ring substituents is 1. The Balaban J connectivity index is 1.45. The van der Waals surface area contributed by atoms with Crippen molar-refractivity contribution in [2.24, 2.45) is 5.10 Å². The van der Waals surface area contributed by atoms with E-state index >= 15 is 0 Å². The van der Waals surface area contributed by atoms with Crippen LogP contribution in [0.1, 0.15) is 21.5 Å². The Kier molecular flexibility index (Phi) is 7.26. The lowest BCUT2D eigenvalue weighted by molar-refractivity contribution is -0.384. The molecule has 0 aromatic heterocycles. The minimum absolute atomic E-state index is 0.0972. The van der Waals surface area contributed by atoms with Crippen LogP contribution < -0.4 is 15.5 Å². The number of carbonyl (C=O) groups excluding carboxylic acids is 2. The fourth-order valence-corrected chi connectivity index (χ4v) is 2.60. The molecule has 0 bridgehead atoms. The van der Waals surface area contributed by atoms with E-state index in [4.69, 9.17) is 4.74 Å². The van der Waals surface area contributed by atoms with Crippen LogP contribution >= 0.6 is 0 Å². The molecule has 2 amide bonds. The van der Waals surface area contributed by atoms with Gasteiger partial charge >= 0.3 is 0 Å². The number of nitro groups is 1. The van der Waals surface area contributed by atoms with E-state index in [0.717, 1.165) is 5.56 Å². The van der Waals surface area contributed by atoms with E-state index < -0.39 is 10.8 Å². The van der Waals surface area contributed by atoms with Crippen LogP contribution in [0.5, 0.6) is 5.75 Å². The molecule has 2 N–H and O–H groups in total. The second kappa shape index (κ2) is 10.5. The number of nitro benzene ring substituents is 1. The maximum atomic E-state index is 12.0. The van der Waals surface area contributed by atoms with E-state index in [9.17, 15) is 19.7 Å². The molecular weight excluding hydrogens is 412 g/mol. The minimum atomic E-state index is -0.538. The van der Waals surface area contributed by atoms with Crippen LogP contribution in [0.15, 0.2) is 77.9 Å². The predicted molar refractivity (Wildman–Crippen MR) is 120 cm³/mol. The van der Waals surface area contributed by atoms with Crippen LogP contribution in [0.25, 0.3) is 0 Å². The summed E-state index contributed by atoms with van der Waals surface area (Å²) in [6, 6.07) is 19.4. The third-order valence-corrected chi connectivity index (χ3v) is 4.31. The first kappa shape index (κ1) is 22.2. The number of benzene rings is 3. The number of rotatable bonds is 8. The second-order valence-electron chi connectivity index (χ2n) is 6.78. The van der Waals surface area contributed by atoms with Gasteiger partial charge < -0.3 is 10.1 Å². The Morgan fingerprint density at radius 2 is 1.66 bits per heavy atom. The summed E-state index contributed by atoms with van der Waals surface area (Å²) < 4.78 is 5.47. The first-order valence-corrected chi connectivity index (χ1v) is 9.58. The average Bonchev–Trinajstić information content (AvgIpc) is 2.80. The molecule has 0 saturated carbocycles. The van der Waals surface area contributed by atoms with Gasteiger partial charge in [0.05, 0.1) is 11.1 Å². The van der Waals surface area contributed by atoms with Gasteiger partial charge in [-0.1, -0.05) is 17.7 Å². The Bertz CT molecular complexity index is 1120. The molecular formula is C23H20N4O5. The summed E-state index contributed by atoms with van der Waals surface area (Å²) in [6.45, 7) is 1.84. The standard InChI is InChI=1S/C23H20N4O5/c1-16-2-8-19(9-3-16)25-22(28)15-32-21-12-4-17(5-13-21)14-24-26-23(29)18-6-10-20(11-7-18)27(30)31/h2-14H,15H2,1H3,(H,25,28)(H,26,29)/b24-14-. The van der Waals surface area contributed by atoms with Gasteiger partial charge in [-0.2, -0.15) is 5.10 Å². The topological polar surface area (TPSA) is 123 Å². The third-order valence-electron chi connectivity index (χ3n) is 4.31. The Hall–Kier alpha value is -4.53. The zero-order chi connectivity index (χ0) is 22.9. The quantitative estimate of drug-likeness (QED) is 0.319. The van der Waals surface area contributed by atoms with Crippen molar-refractivity contribution in [1.82, 2.24) is 5.43 Å². The summed E-state index contributed by atoms with van der Waals surface area (Å²) in [7, 11) is 0. The number of hydrazone groups is 1. The highest BCUT2D eigenvalue weighted by atomic mass is 16.6. The number of aryl methyl sites for hydroxylation is 1. The van der Waals surface area contributed by atoms with Gasteiger partial charge in [-0.3, -0.25) is 19.7 Å². The zero-order valence-electron chi connectivity index (χ0n) is 17.1. The summed E-state index contributed by atoms with van der Waals surface area (Å²) >= 11 is 0. The van der Waals surface area contributed by atoms with Crippen LogP contribution in [0.3, 0.4) is 0 Å². The van der Waals surface area contributed by atoms with Crippen molar-refractivity contribution in [2.45, 2.75) is 6.92 Å². The molecule has 0 spiro atoms. The normalized spacial score (nSPS) is 10.5. The van der Waals surface area contributed by atoms with E-state index in [0.29, 0.717) is 17.0 Å². The molecule has 3 aromatic rings. The van der Waals surface area contributed by atoms with Gasteiger partial charge in [-0.05, 0) is 61.0 Å². The molecule has 162 valence electrons. The number of nitrogens with one attached hydrogen (secondary N) is 2. The molecule has 0 unspecified atom stereocenters. The minimum Gasteiger partial charge on any atom is -0.484 e. The first-order chi connectivity index (χ1) is 15.4. The predicted octanol–water partition coefficient (Wildman–Crippen LogP) is 3.68. The van der Waals surface area contributed by atoms with E-state index in [2.05, 4.69) is 15.8 Å². The number of hydrogen-bond donors (Lipinski definition) is 2. The lowest BCUT2D eigenvalue weighted by atomic mass is 10.2. The van der Waals surface area contributed by atoms with E-state index in [1.165, 1.54) is 30.5 Å². The molecule has 0 heterocycles. The summed E-state index contributed by atoms with van der Waals surface area (Å²) in [5.74, 6) is -0.250. The van der Waals surface area contributed by atoms with Crippen molar-refractivity contribution >= 4 is 29.4 Å². The fourth-order valence-electron chi connectivity index (χ4n) is 2.60. The van der Waals surface area contributed by atoms with Gasteiger partial charge in [0.15, 0.2) is 6.61 Å². The lowest BCUT2D eigenvalue weighted by Gasteiger charge is -2.08. The zero-order valence-corrected chi connectivity index (χ0v) is 17.1. The number of amides is 2. The van der Waals surface area contributed by atoms with Gasteiger partial charge in [0.2, 0.25) is 0 Å². The molecule has 0 radical (unpaired) electrons. The van der Waals surface area contributed by atoms with Crippen LogP contribution in [0.2, 0.25) is 0 Å². The molecule has 0 fully saturated rings. The molecule has 0 aliphatic rings. The molecule has 3 rings (SSSR count). The molecule has 0 aliphatic carbocycles. The molecule has 0 saturated heterocycles. The SMILES string of the molecule is Cc1ccc(NC(=O)COc2ccc(/C=N\NC(=O)c3ccc([N+](=O)[O-])cc3)cc2)cc1. The summed E-state index contributed by atoms with van der Waals surface area (Å²) in [6.07, 6.45) is 1.44. The van der Waals surface area contributed by atoms with Crippen LogP contribution in [0, 0.1) is 17.0 Å². The van der Waals surface area contributed by atoms with Gasteiger partial charge in [-0.25, -0.2) is 5.43 Å². The van der Waals surface area contributed by atoms with Crippen molar-refractivity contribution < 1.29 is 19.2 Å². The van der Waals surface area contributed by atoms with Crippen molar-refractivity contribution in [3.8, 4) is 5.75 Å². The van der Waals surface area contributed by atoms with E-state index in [-0.39, 0.29) is 23.8 Å². The highest BCUT2D eigenvalue weighted by molar-refractivity contribution is 5.95. The van der Waals surface area contributed by atoms with Crippen molar-refractivity contribution in [1.29, 1.82) is 0 Å². The average molecular weight is 432 g/mol. The number of ether oxygens (including phenoxy) is 1. The van der Waals surface area contributed by atoms with Gasteiger partial charge in [0, 0.05) is 23.4 Å². The lowest BCUT2D eigenvalue weighted by Crippen LogP contribution is -2.20. The number of hydrogen-bond acceptors (Lipinski definition) is 6. The van der Waals surface area contributed by atoms with E-state index in [1.807, 2.05) is 31.2 Å². The van der Waals surface area contributed by atoms with Crippen molar-refractivity contribution in [3.05, 3.63) is 99.6 Å². The maximum Gasteiger partial charge on any atom is 0.271 e. The molecule has 0 aliphatic heterocycles.